The summed E-state index contributed by atoms with van der Waals surface area (Å²) in [7, 11) is 0. The summed E-state index contributed by atoms with van der Waals surface area (Å²) in [5, 5.41) is 20.3. The van der Waals surface area contributed by atoms with Crippen LogP contribution in [0.1, 0.15) is 28.9 Å². The van der Waals surface area contributed by atoms with Gasteiger partial charge in [0.15, 0.2) is 5.78 Å². The van der Waals surface area contributed by atoms with Crippen LogP contribution in [0.15, 0.2) is 48.7 Å². The van der Waals surface area contributed by atoms with Crippen LogP contribution in [0, 0.1) is 11.8 Å². The highest BCUT2D eigenvalue weighted by molar-refractivity contribution is 5.95. The maximum atomic E-state index is 12.4. The number of hydrogen-bond donors (Lipinski definition) is 2. The first-order valence-electron chi connectivity index (χ1n) is 9.18. The maximum absolute atomic E-state index is 12.4. The van der Waals surface area contributed by atoms with Crippen molar-refractivity contribution in [2.45, 2.75) is 24.9 Å². The molecule has 0 bridgehead atoms. The van der Waals surface area contributed by atoms with Crippen LogP contribution < -0.4 is 0 Å². The third kappa shape index (κ3) is 3.64. The van der Waals surface area contributed by atoms with E-state index in [1.807, 2.05) is 18.2 Å². The number of aliphatic hydroxyl groups is 1. The lowest BCUT2D eigenvalue weighted by Gasteiger charge is -2.26. The number of carbonyl (C=O) groups is 1. The van der Waals surface area contributed by atoms with Crippen molar-refractivity contribution in [1.29, 1.82) is 0 Å². The molecule has 2 aliphatic rings. The molecule has 1 saturated carbocycles. The molecule has 26 heavy (non-hydrogen) atoms. The zero-order valence-electron chi connectivity index (χ0n) is 14.7. The molecule has 2 heterocycles. The molecule has 0 radical (unpaired) electrons. The van der Waals surface area contributed by atoms with E-state index in [9.17, 15) is 15.0 Å². The van der Waals surface area contributed by atoms with Crippen LogP contribution in [0.5, 0.6) is 5.75 Å². The topological polar surface area (TPSA) is 73.7 Å². The summed E-state index contributed by atoms with van der Waals surface area (Å²) in [5.41, 5.74) is 0.950. The van der Waals surface area contributed by atoms with Gasteiger partial charge < -0.3 is 10.2 Å². The molecule has 2 N–H and O–H groups in total. The number of benzene rings is 1. The van der Waals surface area contributed by atoms with Crippen LogP contribution in [0.25, 0.3) is 0 Å². The van der Waals surface area contributed by atoms with Crippen molar-refractivity contribution >= 4 is 5.78 Å². The molecule has 2 unspecified atom stereocenters. The number of pyridine rings is 1. The van der Waals surface area contributed by atoms with Crippen LogP contribution in [0.4, 0.5) is 0 Å². The van der Waals surface area contributed by atoms with Crippen LogP contribution in [0.2, 0.25) is 0 Å². The predicted octanol–water partition coefficient (Wildman–Crippen LogP) is 2.29. The lowest BCUT2D eigenvalue weighted by molar-refractivity contribution is 0.0355. The van der Waals surface area contributed by atoms with Crippen molar-refractivity contribution < 1.29 is 15.0 Å². The minimum atomic E-state index is -0.620. The van der Waals surface area contributed by atoms with Crippen molar-refractivity contribution in [3.63, 3.8) is 0 Å². The molecule has 1 aromatic carbocycles. The number of carbonyl (C=O) groups excluding carboxylic acids is 1. The van der Waals surface area contributed by atoms with Gasteiger partial charge in [0.25, 0.3) is 0 Å². The first-order valence-corrected chi connectivity index (χ1v) is 9.18. The Hall–Kier alpha value is -2.24. The van der Waals surface area contributed by atoms with Gasteiger partial charge in [-0.15, -0.1) is 0 Å². The maximum Gasteiger partial charge on any atom is 0.195 e. The van der Waals surface area contributed by atoms with Gasteiger partial charge in [-0.05, 0) is 42.4 Å². The number of rotatable bonds is 5. The average molecular weight is 352 g/mol. The summed E-state index contributed by atoms with van der Waals surface area (Å²) in [6.45, 7) is 2.05. The number of aromatic nitrogens is 1. The summed E-state index contributed by atoms with van der Waals surface area (Å²) in [6, 6.07) is 13.2. The average Bonchev–Trinajstić information content (AvgIpc) is 3.10. The van der Waals surface area contributed by atoms with Crippen molar-refractivity contribution in [3.8, 4) is 5.75 Å². The van der Waals surface area contributed by atoms with E-state index in [2.05, 4.69) is 22.0 Å². The van der Waals surface area contributed by atoms with Crippen LogP contribution in [0.3, 0.4) is 0 Å². The molecule has 0 spiro atoms. The molecule has 1 aromatic heterocycles. The zero-order chi connectivity index (χ0) is 18.1. The molecule has 1 saturated heterocycles. The minimum absolute atomic E-state index is 0.0236. The Balaban J connectivity index is 1.33. The molecule has 3 atom stereocenters. The molecule has 0 amide bonds. The van der Waals surface area contributed by atoms with E-state index in [0.29, 0.717) is 30.5 Å². The molecule has 1 aliphatic heterocycles. The summed E-state index contributed by atoms with van der Waals surface area (Å²) in [6.07, 6.45) is 3.61. The van der Waals surface area contributed by atoms with E-state index in [0.717, 1.165) is 25.9 Å². The fourth-order valence-electron chi connectivity index (χ4n) is 4.64. The molecule has 136 valence electrons. The van der Waals surface area contributed by atoms with Crippen LogP contribution in [-0.4, -0.2) is 51.1 Å². The molecular weight excluding hydrogens is 328 g/mol. The Morgan fingerprint density at radius 1 is 1.12 bits per heavy atom. The number of hydrogen-bond acceptors (Lipinski definition) is 5. The van der Waals surface area contributed by atoms with Gasteiger partial charge in [-0.2, -0.15) is 0 Å². The van der Waals surface area contributed by atoms with Crippen molar-refractivity contribution in [2.24, 2.45) is 11.8 Å². The molecular formula is C21H24N2O3. The first kappa shape index (κ1) is 17.2. The smallest absolute Gasteiger partial charge is 0.195 e. The van der Waals surface area contributed by atoms with Gasteiger partial charge >= 0.3 is 0 Å². The summed E-state index contributed by atoms with van der Waals surface area (Å²) in [5.74, 6) is 0.938. The summed E-state index contributed by atoms with van der Waals surface area (Å²) >= 11 is 0. The van der Waals surface area contributed by atoms with Crippen molar-refractivity contribution in [1.82, 2.24) is 9.88 Å². The quantitative estimate of drug-likeness (QED) is 0.808. The number of aromatic hydroxyl groups is 1. The SMILES string of the molecule is O=C(CN1CC2CC(O)(Cc3ccccc3)C[C@H]2C1)c1ccc(O)cn1. The van der Waals surface area contributed by atoms with Crippen molar-refractivity contribution in [2.75, 3.05) is 19.6 Å². The third-order valence-corrected chi connectivity index (χ3v) is 5.71. The van der Waals surface area contributed by atoms with E-state index >= 15 is 0 Å². The molecule has 2 fully saturated rings. The number of nitrogens with zero attached hydrogens (tertiary/aromatic N) is 2. The predicted molar refractivity (Wildman–Crippen MR) is 98.0 cm³/mol. The van der Waals surface area contributed by atoms with Gasteiger partial charge in [-0.3, -0.25) is 9.69 Å². The first-order chi connectivity index (χ1) is 12.5. The second-order valence-corrected chi connectivity index (χ2v) is 7.83. The summed E-state index contributed by atoms with van der Waals surface area (Å²) in [4.78, 5) is 18.5. The highest BCUT2D eigenvalue weighted by Crippen LogP contribution is 2.45. The number of fused-ring (bicyclic) bond motifs is 1. The standard InChI is InChI=1S/C21H24N2O3/c24-18-6-7-19(22-11-18)20(25)14-23-12-16-9-21(26,10-17(16)13-23)8-15-4-2-1-3-5-15/h1-7,11,16-17,24,26H,8-10,12-14H2/t16-,17?,21?/m0/s1. The van der Waals surface area contributed by atoms with Crippen LogP contribution in [-0.2, 0) is 6.42 Å². The number of Topliss-reactive ketones (excluding diaryl/α,β-unsaturated/α-hetero) is 1. The number of ketones is 1. The Kier molecular flexibility index (Phi) is 4.51. The van der Waals surface area contributed by atoms with Crippen LogP contribution >= 0.6 is 0 Å². The van der Waals surface area contributed by atoms with Gasteiger partial charge in [-0.1, -0.05) is 30.3 Å². The van der Waals surface area contributed by atoms with Gasteiger partial charge in [-0.25, -0.2) is 4.98 Å². The lowest BCUT2D eigenvalue weighted by Crippen LogP contribution is -2.34. The van der Waals surface area contributed by atoms with E-state index in [-0.39, 0.29) is 11.5 Å². The molecule has 2 aromatic rings. The van der Waals surface area contributed by atoms with Crippen molar-refractivity contribution in [3.05, 3.63) is 59.9 Å². The Morgan fingerprint density at radius 2 is 1.81 bits per heavy atom. The lowest BCUT2D eigenvalue weighted by atomic mass is 9.91. The fourth-order valence-corrected chi connectivity index (χ4v) is 4.64. The Labute approximate surface area is 153 Å². The van der Waals surface area contributed by atoms with E-state index in [4.69, 9.17) is 0 Å². The Morgan fingerprint density at radius 3 is 2.42 bits per heavy atom. The fraction of sp³-hybridized carbons (Fsp3) is 0.429. The van der Waals surface area contributed by atoms with Gasteiger partial charge in [0.2, 0.25) is 0 Å². The number of likely N-dealkylation sites (tertiary alicyclic amines) is 1. The minimum Gasteiger partial charge on any atom is -0.506 e. The molecule has 4 rings (SSSR count). The molecule has 1 aliphatic carbocycles. The normalized spacial score (nSPS) is 28.2. The zero-order valence-corrected chi connectivity index (χ0v) is 14.7. The largest absolute Gasteiger partial charge is 0.506 e. The van der Waals surface area contributed by atoms with E-state index in [1.54, 1.807) is 6.07 Å². The highest BCUT2D eigenvalue weighted by atomic mass is 16.3. The van der Waals surface area contributed by atoms with Gasteiger partial charge in [0.05, 0.1) is 18.3 Å². The van der Waals surface area contributed by atoms with E-state index in [1.165, 1.54) is 17.8 Å². The Bertz CT molecular complexity index is 762. The second kappa shape index (κ2) is 6.82. The highest BCUT2D eigenvalue weighted by Gasteiger charge is 2.48. The third-order valence-electron chi connectivity index (χ3n) is 5.71. The van der Waals surface area contributed by atoms with Gasteiger partial charge in [0.1, 0.15) is 11.4 Å². The summed E-state index contributed by atoms with van der Waals surface area (Å²) < 4.78 is 0. The van der Waals surface area contributed by atoms with Gasteiger partial charge in [0, 0.05) is 19.5 Å². The second-order valence-electron chi connectivity index (χ2n) is 7.83. The van der Waals surface area contributed by atoms with E-state index < -0.39 is 5.60 Å². The monoisotopic (exact) mass is 352 g/mol. The molecule has 5 heteroatoms. The molecule has 5 nitrogen and oxygen atoms in total.